The molecule has 0 radical (unpaired) electrons. The zero-order chi connectivity index (χ0) is 22.6. The molecule has 30 heavy (non-hydrogen) atoms. The number of sulfonamides is 1. The maximum atomic E-state index is 12.7. The molecule has 2 rings (SSSR count). The Morgan fingerprint density at radius 3 is 2.20 bits per heavy atom. The van der Waals surface area contributed by atoms with Gasteiger partial charge in [-0.3, -0.25) is 9.10 Å². The molecule has 1 amide bonds. The fourth-order valence-corrected chi connectivity index (χ4v) is 4.18. The van der Waals surface area contributed by atoms with Gasteiger partial charge in [-0.05, 0) is 79.8 Å². The molecular weight excluding hydrogens is 400 g/mol. The van der Waals surface area contributed by atoms with Crippen molar-refractivity contribution < 1.29 is 17.9 Å². The highest BCUT2D eigenvalue weighted by Gasteiger charge is 2.19. The van der Waals surface area contributed by atoms with E-state index in [0.29, 0.717) is 17.2 Å². The summed E-state index contributed by atoms with van der Waals surface area (Å²) in [6.07, 6.45) is 0. The van der Waals surface area contributed by atoms with Crippen molar-refractivity contribution >= 4 is 21.6 Å². The minimum absolute atomic E-state index is 0.0167. The number of carbonyl (C=O) groups excluding carboxylic acids is 1. The van der Waals surface area contributed by atoms with Crippen molar-refractivity contribution in [3.8, 4) is 5.75 Å². The Morgan fingerprint density at radius 1 is 1.10 bits per heavy atom. The number of rotatable bonds is 8. The third kappa shape index (κ3) is 5.14. The van der Waals surface area contributed by atoms with E-state index < -0.39 is 10.0 Å². The molecule has 7 heteroatoms. The highest BCUT2D eigenvalue weighted by Crippen LogP contribution is 2.32. The number of aryl methyl sites for hydroxylation is 1. The van der Waals surface area contributed by atoms with Crippen LogP contribution in [-0.2, 0) is 10.0 Å². The molecule has 2 aromatic rings. The number of nitrogens with zero attached hydrogens (tertiary/aromatic N) is 1. The molecule has 6 nitrogen and oxygen atoms in total. The Balaban J connectivity index is 2.21. The average molecular weight is 433 g/mol. The zero-order valence-corrected chi connectivity index (χ0v) is 19.6. The lowest BCUT2D eigenvalue weighted by Crippen LogP contribution is -2.29. The molecule has 0 spiro atoms. The summed E-state index contributed by atoms with van der Waals surface area (Å²) in [5, 5.41) is 3.04. The van der Waals surface area contributed by atoms with Gasteiger partial charge in [-0.1, -0.05) is 13.8 Å². The van der Waals surface area contributed by atoms with Crippen LogP contribution >= 0.6 is 0 Å². The molecule has 1 atom stereocenters. The van der Waals surface area contributed by atoms with Gasteiger partial charge in [-0.2, -0.15) is 0 Å². The number of ether oxygens (including phenoxy) is 1. The highest BCUT2D eigenvalue weighted by molar-refractivity contribution is 7.92. The van der Waals surface area contributed by atoms with E-state index >= 15 is 0 Å². The molecule has 1 N–H and O–H groups in total. The Kier molecular flexibility index (Phi) is 7.53. The zero-order valence-electron chi connectivity index (χ0n) is 18.8. The van der Waals surface area contributed by atoms with Crippen molar-refractivity contribution in [2.75, 3.05) is 24.2 Å². The van der Waals surface area contributed by atoms with E-state index in [1.165, 1.54) is 11.4 Å². The second kappa shape index (κ2) is 9.51. The molecule has 0 aliphatic carbocycles. The third-order valence-electron chi connectivity index (χ3n) is 5.33. The summed E-state index contributed by atoms with van der Waals surface area (Å²) >= 11 is 0. The Hall–Kier alpha value is -2.54. The molecule has 0 aliphatic rings. The Labute approximate surface area is 180 Å². The first kappa shape index (κ1) is 23.7. The Bertz CT molecular complexity index is 999. The van der Waals surface area contributed by atoms with Crippen LogP contribution in [0.4, 0.5) is 5.69 Å². The van der Waals surface area contributed by atoms with Crippen LogP contribution in [0.15, 0.2) is 36.4 Å². The molecule has 0 saturated heterocycles. The predicted octanol–water partition coefficient (Wildman–Crippen LogP) is 4.40. The predicted molar refractivity (Wildman–Crippen MR) is 122 cm³/mol. The fraction of sp³-hybridized carbons (Fsp3) is 0.435. The summed E-state index contributed by atoms with van der Waals surface area (Å²) in [4.78, 5) is 12.7. The van der Waals surface area contributed by atoms with Crippen LogP contribution in [0, 0.1) is 6.92 Å². The van der Waals surface area contributed by atoms with Gasteiger partial charge < -0.3 is 10.1 Å². The quantitative estimate of drug-likeness (QED) is 0.671. The lowest BCUT2D eigenvalue weighted by atomic mass is 9.93. The van der Waals surface area contributed by atoms with Gasteiger partial charge in [-0.15, -0.1) is 0 Å². The largest absolute Gasteiger partial charge is 0.496 e. The number of methoxy groups -OCH3 is 1. The van der Waals surface area contributed by atoms with Gasteiger partial charge in [0.25, 0.3) is 5.91 Å². The fourth-order valence-electron chi connectivity index (χ4n) is 3.34. The summed E-state index contributed by atoms with van der Waals surface area (Å²) in [6, 6.07) is 10.5. The van der Waals surface area contributed by atoms with Crippen LogP contribution in [-0.4, -0.2) is 34.2 Å². The van der Waals surface area contributed by atoms with Crippen LogP contribution in [0.25, 0.3) is 0 Å². The van der Waals surface area contributed by atoms with Crippen LogP contribution in [0.3, 0.4) is 0 Å². The van der Waals surface area contributed by atoms with Crippen molar-refractivity contribution in [2.24, 2.45) is 0 Å². The lowest BCUT2D eigenvalue weighted by Gasteiger charge is -2.21. The first-order valence-corrected chi connectivity index (χ1v) is 11.7. The lowest BCUT2D eigenvalue weighted by molar-refractivity contribution is 0.0940. The van der Waals surface area contributed by atoms with Gasteiger partial charge in [0.1, 0.15) is 5.75 Å². The normalized spacial score (nSPS) is 12.5. The molecule has 164 valence electrons. The first-order chi connectivity index (χ1) is 14.0. The molecule has 0 heterocycles. The maximum absolute atomic E-state index is 12.7. The summed E-state index contributed by atoms with van der Waals surface area (Å²) in [5.41, 5.74) is 4.19. The summed E-state index contributed by atoms with van der Waals surface area (Å²) in [5.74, 6) is 0.956. The monoisotopic (exact) mass is 432 g/mol. The molecule has 2 aromatic carbocycles. The van der Waals surface area contributed by atoms with E-state index in [1.54, 1.807) is 38.3 Å². The number of hydrogen-bond acceptors (Lipinski definition) is 4. The van der Waals surface area contributed by atoms with E-state index in [2.05, 4.69) is 25.2 Å². The Morgan fingerprint density at radius 2 is 1.70 bits per heavy atom. The summed E-state index contributed by atoms with van der Waals surface area (Å²) in [6.45, 7) is 9.77. The molecule has 0 saturated carbocycles. The number of carbonyl (C=O) groups is 1. The van der Waals surface area contributed by atoms with E-state index in [1.807, 2.05) is 19.9 Å². The summed E-state index contributed by atoms with van der Waals surface area (Å²) < 4.78 is 30.8. The van der Waals surface area contributed by atoms with E-state index in [4.69, 9.17) is 4.74 Å². The SMILES string of the molecule is CCS(=O)(=O)N(C)c1ccc(C(=O)N[C@@H](C)c2cc(C(C)C)c(OC)cc2C)cc1. The van der Waals surface area contributed by atoms with Crippen molar-refractivity contribution in [3.63, 3.8) is 0 Å². The van der Waals surface area contributed by atoms with Crippen molar-refractivity contribution in [1.82, 2.24) is 5.32 Å². The highest BCUT2D eigenvalue weighted by atomic mass is 32.2. The molecule has 0 fully saturated rings. The van der Waals surface area contributed by atoms with E-state index in [-0.39, 0.29) is 17.7 Å². The second-order valence-corrected chi connectivity index (χ2v) is 10.0. The molecular formula is C23H32N2O4S. The standard InChI is InChI=1S/C23H32N2O4S/c1-8-30(27,28)25(6)19-11-9-18(10-12-19)23(26)24-17(5)21-14-20(15(2)3)22(29-7)13-16(21)4/h9-15,17H,8H2,1-7H3,(H,24,26)/t17-/m0/s1. The maximum Gasteiger partial charge on any atom is 0.251 e. The molecule has 0 aliphatic heterocycles. The van der Waals surface area contributed by atoms with Crippen molar-refractivity contribution in [3.05, 3.63) is 58.7 Å². The summed E-state index contributed by atoms with van der Waals surface area (Å²) in [7, 11) is -0.165. The van der Waals surface area contributed by atoms with Crippen LogP contribution < -0.4 is 14.4 Å². The van der Waals surface area contributed by atoms with Crippen LogP contribution in [0.5, 0.6) is 5.75 Å². The molecule has 0 aromatic heterocycles. The molecule has 0 bridgehead atoms. The first-order valence-electron chi connectivity index (χ1n) is 10.1. The van der Waals surface area contributed by atoms with Gasteiger partial charge in [0.05, 0.1) is 24.6 Å². The molecule has 0 unspecified atom stereocenters. The number of benzene rings is 2. The number of hydrogen-bond donors (Lipinski definition) is 1. The average Bonchev–Trinajstić information content (AvgIpc) is 2.72. The van der Waals surface area contributed by atoms with Crippen molar-refractivity contribution in [1.29, 1.82) is 0 Å². The van der Waals surface area contributed by atoms with Crippen LogP contribution in [0.1, 0.15) is 66.7 Å². The number of anilines is 1. The van der Waals surface area contributed by atoms with Gasteiger partial charge in [-0.25, -0.2) is 8.42 Å². The van der Waals surface area contributed by atoms with Crippen molar-refractivity contribution in [2.45, 2.75) is 46.6 Å². The number of amides is 1. The third-order valence-corrected chi connectivity index (χ3v) is 7.10. The minimum atomic E-state index is -3.34. The minimum Gasteiger partial charge on any atom is -0.496 e. The van der Waals surface area contributed by atoms with Gasteiger partial charge in [0.15, 0.2) is 0 Å². The van der Waals surface area contributed by atoms with E-state index in [0.717, 1.165) is 22.4 Å². The smallest absolute Gasteiger partial charge is 0.251 e. The second-order valence-electron chi connectivity index (χ2n) is 7.72. The van der Waals surface area contributed by atoms with Gasteiger partial charge in [0, 0.05) is 12.6 Å². The van der Waals surface area contributed by atoms with Crippen LogP contribution in [0.2, 0.25) is 0 Å². The van der Waals surface area contributed by atoms with Gasteiger partial charge in [0.2, 0.25) is 10.0 Å². The topological polar surface area (TPSA) is 75.7 Å². The number of nitrogens with one attached hydrogen (secondary N) is 1. The van der Waals surface area contributed by atoms with E-state index in [9.17, 15) is 13.2 Å². The van der Waals surface area contributed by atoms with Gasteiger partial charge >= 0.3 is 0 Å².